The summed E-state index contributed by atoms with van der Waals surface area (Å²) in [5, 5.41) is 2.12. The summed E-state index contributed by atoms with van der Waals surface area (Å²) in [6.07, 6.45) is 0.288. The first kappa shape index (κ1) is 20.1. The fourth-order valence-electron chi connectivity index (χ4n) is 5.02. The minimum absolute atomic E-state index is 0.0762. The second-order valence-electron chi connectivity index (χ2n) is 8.92. The molecule has 3 heterocycles. The predicted octanol–water partition coefficient (Wildman–Crippen LogP) is 5.12. The van der Waals surface area contributed by atoms with Crippen LogP contribution in [-0.4, -0.2) is 48.5 Å². The average Bonchev–Trinajstić information content (AvgIpc) is 3.29. The molecule has 6 nitrogen and oxygen atoms in total. The number of nitrogens with zero attached hydrogens (tertiary/aromatic N) is 3. The number of amides is 1. The Hall–Kier alpha value is -3.48. The molecule has 3 aromatic carbocycles. The highest BCUT2D eigenvalue weighted by Gasteiger charge is 2.36. The van der Waals surface area contributed by atoms with Gasteiger partial charge in [-0.2, -0.15) is 0 Å². The summed E-state index contributed by atoms with van der Waals surface area (Å²) in [7, 11) is 0. The van der Waals surface area contributed by atoms with Crippen LogP contribution in [0.4, 0.5) is 11.4 Å². The monoisotopic (exact) mass is 439 g/mol. The lowest BCUT2D eigenvalue weighted by atomic mass is 10.1. The van der Waals surface area contributed by atoms with E-state index in [4.69, 9.17) is 14.1 Å². The Labute approximate surface area is 192 Å². The number of carbonyl (C=O) groups excluding carboxylic acids is 1. The molecule has 166 valence electrons. The number of morpholine rings is 1. The molecule has 2 unspecified atom stereocenters. The molecule has 2 aliphatic rings. The second-order valence-corrected chi connectivity index (χ2v) is 8.92. The molecular weight excluding hydrogens is 414 g/mol. The van der Waals surface area contributed by atoms with Gasteiger partial charge in [0.05, 0.1) is 30.3 Å². The third-order valence-corrected chi connectivity index (χ3v) is 6.34. The molecule has 0 aliphatic carbocycles. The summed E-state index contributed by atoms with van der Waals surface area (Å²) >= 11 is 0. The summed E-state index contributed by atoms with van der Waals surface area (Å²) in [6.45, 7) is 6.26. The Bertz CT molecular complexity index is 1400. The SMILES string of the molecule is CC1CN(CN2C(=O)C(=Nc3ccc4c(c3)oc3ccccc34)c3ccccc32)CC(C)O1. The van der Waals surface area contributed by atoms with Gasteiger partial charge in [-0.1, -0.05) is 36.4 Å². The van der Waals surface area contributed by atoms with Crippen molar-refractivity contribution in [1.29, 1.82) is 0 Å². The molecule has 0 saturated carbocycles. The molecule has 2 atom stereocenters. The Kier molecular flexibility index (Phi) is 4.78. The van der Waals surface area contributed by atoms with Crippen molar-refractivity contribution in [2.75, 3.05) is 24.7 Å². The zero-order valence-electron chi connectivity index (χ0n) is 18.7. The maximum absolute atomic E-state index is 13.5. The molecule has 6 heteroatoms. The van der Waals surface area contributed by atoms with E-state index in [1.165, 1.54) is 0 Å². The molecule has 0 N–H and O–H groups in total. The van der Waals surface area contributed by atoms with Gasteiger partial charge in [0, 0.05) is 35.5 Å². The first-order valence-electron chi connectivity index (χ1n) is 11.4. The van der Waals surface area contributed by atoms with Gasteiger partial charge < -0.3 is 9.15 Å². The highest BCUT2D eigenvalue weighted by Crippen LogP contribution is 2.34. The second kappa shape index (κ2) is 7.83. The molecule has 1 amide bonds. The fourth-order valence-corrected chi connectivity index (χ4v) is 5.02. The van der Waals surface area contributed by atoms with Crippen LogP contribution in [0.3, 0.4) is 0 Å². The first-order valence-corrected chi connectivity index (χ1v) is 11.4. The fraction of sp³-hybridized carbons (Fsp3) is 0.259. The zero-order valence-corrected chi connectivity index (χ0v) is 18.7. The topological polar surface area (TPSA) is 58.3 Å². The first-order chi connectivity index (χ1) is 16.1. The number of carbonyl (C=O) groups is 1. The smallest absolute Gasteiger partial charge is 0.278 e. The van der Waals surface area contributed by atoms with Crippen molar-refractivity contribution in [2.24, 2.45) is 4.99 Å². The van der Waals surface area contributed by atoms with Crippen LogP contribution in [0.25, 0.3) is 21.9 Å². The number of rotatable bonds is 3. The zero-order chi connectivity index (χ0) is 22.5. The van der Waals surface area contributed by atoms with Crippen molar-refractivity contribution >= 4 is 44.9 Å². The van der Waals surface area contributed by atoms with Crippen LogP contribution >= 0.6 is 0 Å². The molecule has 6 rings (SSSR count). The molecule has 0 spiro atoms. The lowest BCUT2D eigenvalue weighted by Gasteiger charge is -2.37. The molecule has 0 radical (unpaired) electrons. The number of furan rings is 1. The van der Waals surface area contributed by atoms with E-state index >= 15 is 0 Å². The number of ether oxygens (including phenoxy) is 1. The van der Waals surface area contributed by atoms with Gasteiger partial charge in [-0.05, 0) is 38.1 Å². The molecule has 33 heavy (non-hydrogen) atoms. The van der Waals surface area contributed by atoms with Crippen LogP contribution in [0, 0.1) is 0 Å². The van der Waals surface area contributed by atoms with E-state index in [9.17, 15) is 4.79 Å². The maximum atomic E-state index is 13.5. The molecular formula is C27H25N3O3. The maximum Gasteiger partial charge on any atom is 0.278 e. The Balaban J connectivity index is 1.36. The van der Waals surface area contributed by atoms with Crippen molar-refractivity contribution in [3.8, 4) is 0 Å². The number of fused-ring (bicyclic) bond motifs is 4. The number of para-hydroxylation sites is 2. The van der Waals surface area contributed by atoms with Crippen molar-refractivity contribution in [1.82, 2.24) is 4.90 Å². The van der Waals surface area contributed by atoms with Crippen LogP contribution in [0.1, 0.15) is 19.4 Å². The van der Waals surface area contributed by atoms with Gasteiger partial charge in [0.25, 0.3) is 5.91 Å². The van der Waals surface area contributed by atoms with Crippen LogP contribution in [0.15, 0.2) is 76.1 Å². The normalized spacial score (nSPS) is 22.5. The quantitative estimate of drug-likeness (QED) is 0.445. The third kappa shape index (κ3) is 3.52. The standard InChI is InChI=1S/C27H25N3O3/c1-17-14-29(15-18(2)32-17)16-30-23-9-5-3-8-22(23)26(27(30)31)28-19-11-12-21-20-7-4-6-10-24(20)33-25(21)13-19/h3-13,17-18H,14-16H2,1-2H3. The van der Waals surface area contributed by atoms with E-state index < -0.39 is 0 Å². The summed E-state index contributed by atoms with van der Waals surface area (Å²) in [5.74, 6) is -0.0762. The van der Waals surface area contributed by atoms with Gasteiger partial charge in [0.15, 0.2) is 0 Å². The average molecular weight is 440 g/mol. The van der Waals surface area contributed by atoms with Crippen molar-refractivity contribution in [3.63, 3.8) is 0 Å². The van der Waals surface area contributed by atoms with Crippen LogP contribution in [0.2, 0.25) is 0 Å². The van der Waals surface area contributed by atoms with Gasteiger partial charge in [0.1, 0.15) is 16.9 Å². The minimum Gasteiger partial charge on any atom is -0.456 e. The van der Waals surface area contributed by atoms with Gasteiger partial charge in [0.2, 0.25) is 0 Å². The summed E-state index contributed by atoms with van der Waals surface area (Å²) in [5.41, 5.74) is 4.55. The summed E-state index contributed by atoms with van der Waals surface area (Å²) in [4.78, 5) is 22.4. The van der Waals surface area contributed by atoms with Crippen molar-refractivity contribution in [2.45, 2.75) is 26.1 Å². The molecule has 1 fully saturated rings. The third-order valence-electron chi connectivity index (χ3n) is 6.34. The largest absolute Gasteiger partial charge is 0.456 e. The summed E-state index contributed by atoms with van der Waals surface area (Å²) < 4.78 is 11.9. The van der Waals surface area contributed by atoms with Crippen molar-refractivity contribution < 1.29 is 13.9 Å². The number of hydrogen-bond acceptors (Lipinski definition) is 5. The summed E-state index contributed by atoms with van der Waals surface area (Å²) in [6, 6.07) is 21.7. The van der Waals surface area contributed by atoms with E-state index in [2.05, 4.69) is 24.8 Å². The van der Waals surface area contributed by atoms with Crippen molar-refractivity contribution in [3.05, 3.63) is 72.3 Å². The molecule has 1 aromatic heterocycles. The van der Waals surface area contributed by atoms with E-state index in [-0.39, 0.29) is 18.1 Å². The van der Waals surface area contributed by atoms with Crippen LogP contribution < -0.4 is 4.90 Å². The van der Waals surface area contributed by atoms with Gasteiger partial charge >= 0.3 is 0 Å². The van der Waals surface area contributed by atoms with Gasteiger partial charge in [-0.3, -0.25) is 14.6 Å². The van der Waals surface area contributed by atoms with Crippen LogP contribution in [0.5, 0.6) is 0 Å². The minimum atomic E-state index is -0.0762. The Morgan fingerprint density at radius 2 is 1.64 bits per heavy atom. The van der Waals surface area contributed by atoms with E-state index in [1.54, 1.807) is 0 Å². The van der Waals surface area contributed by atoms with Gasteiger partial charge in [-0.15, -0.1) is 0 Å². The lowest BCUT2D eigenvalue weighted by molar-refractivity contribution is -0.113. The highest BCUT2D eigenvalue weighted by atomic mass is 16.5. The number of benzene rings is 3. The Morgan fingerprint density at radius 3 is 2.48 bits per heavy atom. The number of hydrogen-bond donors (Lipinski definition) is 0. The molecule has 0 bridgehead atoms. The van der Waals surface area contributed by atoms with Gasteiger partial charge in [-0.25, -0.2) is 4.99 Å². The molecule has 1 saturated heterocycles. The molecule has 4 aromatic rings. The lowest BCUT2D eigenvalue weighted by Crippen LogP contribution is -2.50. The van der Waals surface area contributed by atoms with Crippen LogP contribution in [-0.2, 0) is 9.53 Å². The van der Waals surface area contributed by atoms with E-state index in [0.29, 0.717) is 18.1 Å². The number of anilines is 1. The Morgan fingerprint density at radius 1 is 0.909 bits per heavy atom. The van der Waals surface area contributed by atoms with E-state index in [1.807, 2.05) is 65.6 Å². The molecule has 2 aliphatic heterocycles. The number of aliphatic imine (C=N–C) groups is 1. The van der Waals surface area contributed by atoms with E-state index in [0.717, 1.165) is 46.3 Å². The highest BCUT2D eigenvalue weighted by molar-refractivity contribution is 6.54. The predicted molar refractivity (Wildman–Crippen MR) is 130 cm³/mol.